The Labute approximate surface area is 219 Å². The van der Waals surface area contributed by atoms with Crippen molar-refractivity contribution in [2.45, 2.75) is 115 Å². The highest BCUT2D eigenvalue weighted by Gasteiger charge is 2.42. The molecule has 3 fully saturated rings. The standard InChI is InChI=1S/C29H41F2N5O/c1-19(2)27-34-33-20(3)36(27)25-17-23-9-10-24(18-25)35(23)16-13-26(21-7-5-4-6-8-21)32-28(37)22-11-14-29(30,31)15-12-22/h4-8,19,22-26H,9-18H2,1-3H3,(H,32,37)/t23-,24?,25?,26+/m1/s1. The van der Waals surface area contributed by atoms with Gasteiger partial charge < -0.3 is 9.88 Å². The molecular weight excluding hydrogens is 472 g/mol. The minimum atomic E-state index is -2.62. The summed E-state index contributed by atoms with van der Waals surface area (Å²) < 4.78 is 29.6. The monoisotopic (exact) mass is 513 g/mol. The van der Waals surface area contributed by atoms with Crippen molar-refractivity contribution < 1.29 is 13.6 Å². The van der Waals surface area contributed by atoms with Crippen LogP contribution in [0.15, 0.2) is 30.3 Å². The number of nitrogens with zero attached hydrogens (tertiary/aromatic N) is 4. The first kappa shape index (κ1) is 26.3. The van der Waals surface area contributed by atoms with Crippen LogP contribution in [0.3, 0.4) is 0 Å². The lowest BCUT2D eigenvalue weighted by Crippen LogP contribution is -2.45. The average molecular weight is 514 g/mol. The molecule has 1 amide bonds. The van der Waals surface area contributed by atoms with Gasteiger partial charge in [0.2, 0.25) is 11.8 Å². The SMILES string of the molecule is Cc1nnc(C(C)C)n1C1CC2CC[C@H](C1)N2CC[C@H](NC(=O)C1CCC(F)(F)CC1)c1ccccc1. The van der Waals surface area contributed by atoms with Gasteiger partial charge in [0.1, 0.15) is 11.6 Å². The van der Waals surface area contributed by atoms with Crippen molar-refractivity contribution >= 4 is 5.91 Å². The summed E-state index contributed by atoms with van der Waals surface area (Å²) in [5.74, 6) is -0.572. The molecule has 1 aliphatic carbocycles. The van der Waals surface area contributed by atoms with Crippen molar-refractivity contribution in [3.05, 3.63) is 47.5 Å². The van der Waals surface area contributed by atoms with E-state index in [4.69, 9.17) is 0 Å². The maximum Gasteiger partial charge on any atom is 0.248 e. The summed E-state index contributed by atoms with van der Waals surface area (Å²) in [5.41, 5.74) is 1.08. The van der Waals surface area contributed by atoms with Crippen molar-refractivity contribution in [3.8, 4) is 0 Å². The van der Waals surface area contributed by atoms with E-state index in [1.807, 2.05) is 18.2 Å². The molecule has 0 radical (unpaired) electrons. The number of nitrogens with one attached hydrogen (secondary N) is 1. The van der Waals surface area contributed by atoms with Crippen molar-refractivity contribution in [2.24, 2.45) is 5.92 Å². The smallest absolute Gasteiger partial charge is 0.248 e. The highest BCUT2D eigenvalue weighted by Crippen LogP contribution is 2.42. The highest BCUT2D eigenvalue weighted by molar-refractivity contribution is 5.79. The van der Waals surface area contributed by atoms with Crippen LogP contribution in [0.2, 0.25) is 0 Å². The van der Waals surface area contributed by atoms with Gasteiger partial charge in [-0.2, -0.15) is 0 Å². The molecule has 1 N–H and O–H groups in total. The lowest BCUT2D eigenvalue weighted by atomic mass is 9.86. The predicted octanol–water partition coefficient (Wildman–Crippen LogP) is 5.95. The van der Waals surface area contributed by atoms with E-state index >= 15 is 0 Å². The Bertz CT molecular complexity index is 1050. The maximum atomic E-state index is 13.6. The largest absolute Gasteiger partial charge is 0.349 e. The molecule has 2 saturated heterocycles. The van der Waals surface area contributed by atoms with Gasteiger partial charge in [-0.3, -0.25) is 9.69 Å². The Hall–Kier alpha value is -2.35. The second-order valence-corrected chi connectivity index (χ2v) is 11.8. The van der Waals surface area contributed by atoms with Crippen molar-refractivity contribution in [1.29, 1.82) is 0 Å². The molecule has 2 aliphatic heterocycles. The van der Waals surface area contributed by atoms with Crippen LogP contribution < -0.4 is 5.32 Å². The number of carbonyl (C=O) groups is 1. The highest BCUT2D eigenvalue weighted by atomic mass is 19.3. The van der Waals surface area contributed by atoms with Gasteiger partial charge >= 0.3 is 0 Å². The van der Waals surface area contributed by atoms with Gasteiger partial charge in [0, 0.05) is 49.3 Å². The molecule has 6 nitrogen and oxygen atoms in total. The number of hydrogen-bond acceptors (Lipinski definition) is 4. The number of piperidine rings is 1. The van der Waals surface area contributed by atoms with E-state index in [0.717, 1.165) is 43.0 Å². The average Bonchev–Trinajstić information content (AvgIpc) is 3.37. The molecule has 37 heavy (non-hydrogen) atoms. The van der Waals surface area contributed by atoms with Gasteiger partial charge in [-0.15, -0.1) is 10.2 Å². The molecule has 8 heteroatoms. The first-order chi connectivity index (χ1) is 17.7. The zero-order valence-corrected chi connectivity index (χ0v) is 22.4. The third-order valence-corrected chi connectivity index (χ3v) is 8.92. The fourth-order valence-corrected chi connectivity index (χ4v) is 6.93. The Morgan fingerprint density at radius 1 is 1.03 bits per heavy atom. The quantitative estimate of drug-likeness (QED) is 0.474. The van der Waals surface area contributed by atoms with E-state index in [0.29, 0.717) is 24.0 Å². The fraction of sp³-hybridized carbons (Fsp3) is 0.690. The van der Waals surface area contributed by atoms with Gasteiger partial charge in [0.25, 0.3) is 0 Å². The molecule has 3 heterocycles. The van der Waals surface area contributed by atoms with Gasteiger partial charge in [-0.05, 0) is 57.4 Å². The van der Waals surface area contributed by atoms with Crippen LogP contribution in [-0.2, 0) is 4.79 Å². The molecule has 1 saturated carbocycles. The van der Waals surface area contributed by atoms with Crippen LogP contribution in [0, 0.1) is 12.8 Å². The summed E-state index contributed by atoms with van der Waals surface area (Å²) in [6.45, 7) is 7.34. The zero-order valence-electron chi connectivity index (χ0n) is 22.4. The summed E-state index contributed by atoms with van der Waals surface area (Å²) in [6, 6.07) is 11.5. The summed E-state index contributed by atoms with van der Waals surface area (Å²) in [5, 5.41) is 12.1. The van der Waals surface area contributed by atoms with Gasteiger partial charge in [0.15, 0.2) is 0 Å². The van der Waals surface area contributed by atoms with Crippen LogP contribution in [-0.4, -0.2) is 50.1 Å². The fourth-order valence-electron chi connectivity index (χ4n) is 6.93. The number of fused-ring (bicyclic) bond motifs is 2. The lowest BCUT2D eigenvalue weighted by molar-refractivity contribution is -0.130. The van der Waals surface area contributed by atoms with Gasteiger partial charge in [-0.25, -0.2) is 8.78 Å². The molecule has 1 aromatic heterocycles. The number of aryl methyl sites for hydroxylation is 1. The first-order valence-corrected chi connectivity index (χ1v) is 14.1. The molecule has 2 bridgehead atoms. The molecule has 5 rings (SSSR count). The van der Waals surface area contributed by atoms with Gasteiger partial charge in [0.05, 0.1) is 6.04 Å². The van der Waals surface area contributed by atoms with E-state index in [1.165, 1.54) is 12.8 Å². The normalized spacial score (nSPS) is 26.9. The topological polar surface area (TPSA) is 63.1 Å². The minimum Gasteiger partial charge on any atom is -0.349 e. The number of rotatable bonds is 8. The van der Waals surface area contributed by atoms with Crippen LogP contribution in [0.4, 0.5) is 8.78 Å². The Morgan fingerprint density at radius 3 is 2.30 bits per heavy atom. The number of alkyl halides is 2. The molecular formula is C29H41F2N5O. The molecule has 3 aliphatic rings. The second-order valence-electron chi connectivity index (χ2n) is 11.8. The summed E-state index contributed by atoms with van der Waals surface area (Å²) in [7, 11) is 0. The summed E-state index contributed by atoms with van der Waals surface area (Å²) in [4.78, 5) is 15.8. The number of benzene rings is 1. The Morgan fingerprint density at radius 2 is 1.68 bits per heavy atom. The van der Waals surface area contributed by atoms with Crippen LogP contribution >= 0.6 is 0 Å². The molecule has 2 aromatic rings. The van der Waals surface area contributed by atoms with E-state index in [-0.39, 0.29) is 43.6 Å². The number of aromatic nitrogens is 3. The maximum absolute atomic E-state index is 13.6. The van der Waals surface area contributed by atoms with Crippen LogP contribution in [0.5, 0.6) is 0 Å². The van der Waals surface area contributed by atoms with E-state index in [9.17, 15) is 13.6 Å². The lowest BCUT2D eigenvalue weighted by Gasteiger charge is -2.40. The Balaban J connectivity index is 1.24. The molecule has 2 unspecified atom stereocenters. The zero-order chi connectivity index (χ0) is 26.2. The third-order valence-electron chi connectivity index (χ3n) is 8.92. The number of hydrogen-bond donors (Lipinski definition) is 1. The molecule has 1 aromatic carbocycles. The predicted molar refractivity (Wildman–Crippen MR) is 139 cm³/mol. The van der Waals surface area contributed by atoms with E-state index in [2.05, 4.69) is 57.9 Å². The van der Waals surface area contributed by atoms with Crippen molar-refractivity contribution in [2.75, 3.05) is 6.54 Å². The summed E-state index contributed by atoms with van der Waals surface area (Å²) in [6.07, 6.45) is 5.59. The van der Waals surface area contributed by atoms with Crippen LogP contribution in [0.25, 0.3) is 0 Å². The van der Waals surface area contributed by atoms with Crippen molar-refractivity contribution in [3.63, 3.8) is 0 Å². The minimum absolute atomic E-state index is 0.0738. The van der Waals surface area contributed by atoms with Crippen molar-refractivity contribution in [1.82, 2.24) is 25.0 Å². The van der Waals surface area contributed by atoms with E-state index < -0.39 is 5.92 Å². The number of halogens is 2. The first-order valence-electron chi connectivity index (χ1n) is 14.1. The molecule has 4 atom stereocenters. The number of amides is 1. The second kappa shape index (κ2) is 10.8. The number of carbonyl (C=O) groups excluding carboxylic acids is 1. The molecule has 0 spiro atoms. The van der Waals surface area contributed by atoms with Gasteiger partial charge in [-0.1, -0.05) is 44.2 Å². The molecule has 202 valence electrons. The van der Waals surface area contributed by atoms with Crippen LogP contribution in [0.1, 0.15) is 107 Å². The summed E-state index contributed by atoms with van der Waals surface area (Å²) >= 11 is 0. The Kier molecular flexibility index (Phi) is 7.66. The third kappa shape index (κ3) is 5.74. The van der Waals surface area contributed by atoms with E-state index in [1.54, 1.807) is 0 Å².